The Morgan fingerprint density at radius 1 is 1.04 bits per heavy atom. The van der Waals surface area contributed by atoms with Crippen molar-refractivity contribution in [1.82, 2.24) is 25.2 Å². The Balaban J connectivity index is 1.28. The third-order valence-electron chi connectivity index (χ3n) is 5.46. The van der Waals surface area contributed by atoms with Gasteiger partial charge in [0.2, 0.25) is 11.8 Å². The van der Waals surface area contributed by atoms with E-state index in [4.69, 9.17) is 9.05 Å². The molecule has 0 bridgehead atoms. The van der Waals surface area contributed by atoms with Gasteiger partial charge in [0, 0.05) is 18.4 Å². The van der Waals surface area contributed by atoms with Crippen LogP contribution in [0.15, 0.2) is 9.05 Å². The van der Waals surface area contributed by atoms with E-state index in [0.29, 0.717) is 18.4 Å². The van der Waals surface area contributed by atoms with E-state index in [2.05, 4.69) is 32.1 Å². The molecule has 7 heteroatoms. The first-order chi connectivity index (χ1) is 11.7. The third kappa shape index (κ3) is 2.75. The van der Waals surface area contributed by atoms with Crippen molar-refractivity contribution in [3.63, 3.8) is 0 Å². The van der Waals surface area contributed by atoms with Crippen LogP contribution < -0.4 is 0 Å². The predicted octanol–water partition coefficient (Wildman–Crippen LogP) is 2.76. The average molecular weight is 329 g/mol. The molecule has 2 aromatic heterocycles. The lowest BCUT2D eigenvalue weighted by Crippen LogP contribution is -2.44. The molecule has 0 radical (unpaired) electrons. The van der Waals surface area contributed by atoms with Crippen LogP contribution in [0, 0.1) is 0 Å². The van der Waals surface area contributed by atoms with Gasteiger partial charge in [-0.05, 0) is 52.0 Å². The fourth-order valence-corrected chi connectivity index (χ4v) is 3.67. The van der Waals surface area contributed by atoms with Crippen molar-refractivity contribution >= 4 is 0 Å². The Hall–Kier alpha value is -1.76. The van der Waals surface area contributed by atoms with E-state index in [9.17, 15) is 0 Å². The van der Waals surface area contributed by atoms with Gasteiger partial charge in [-0.2, -0.15) is 9.97 Å². The molecule has 0 amide bonds. The molecule has 0 unspecified atom stereocenters. The first kappa shape index (κ1) is 14.6. The zero-order valence-corrected chi connectivity index (χ0v) is 14.1. The van der Waals surface area contributed by atoms with Crippen molar-refractivity contribution in [3.05, 3.63) is 23.4 Å². The zero-order chi connectivity index (χ0) is 16.1. The highest BCUT2D eigenvalue weighted by atomic mass is 16.5. The van der Waals surface area contributed by atoms with Crippen LogP contribution in [0.2, 0.25) is 0 Å². The number of rotatable bonds is 5. The maximum Gasteiger partial charge on any atom is 0.240 e. The monoisotopic (exact) mass is 329 g/mol. The van der Waals surface area contributed by atoms with Crippen molar-refractivity contribution < 1.29 is 9.05 Å². The van der Waals surface area contributed by atoms with Gasteiger partial charge < -0.3 is 9.05 Å². The molecule has 24 heavy (non-hydrogen) atoms. The second kappa shape index (κ2) is 5.37. The topological polar surface area (TPSA) is 81.1 Å². The van der Waals surface area contributed by atoms with Gasteiger partial charge in [0.25, 0.3) is 0 Å². The van der Waals surface area contributed by atoms with Crippen molar-refractivity contribution in [2.45, 2.75) is 69.2 Å². The minimum atomic E-state index is -0.0856. The van der Waals surface area contributed by atoms with Gasteiger partial charge in [-0.25, -0.2) is 0 Å². The summed E-state index contributed by atoms with van der Waals surface area (Å²) < 4.78 is 11.0. The van der Waals surface area contributed by atoms with Crippen LogP contribution in [-0.2, 0) is 12.0 Å². The van der Waals surface area contributed by atoms with Crippen LogP contribution in [0.3, 0.4) is 0 Å². The van der Waals surface area contributed by atoms with Crippen LogP contribution in [0.25, 0.3) is 0 Å². The Labute approximate surface area is 140 Å². The Morgan fingerprint density at radius 3 is 2.50 bits per heavy atom. The molecule has 7 nitrogen and oxygen atoms in total. The standard InChI is InChI=1S/C17H23N5O2/c1-17(16-19-15(21-24-16)12-5-6-12)7-2-8-22(10-17)9-13-18-14(20-23-13)11-3-4-11/h11-12H,2-10H2,1H3/t17-/m1/s1. The van der Waals surface area contributed by atoms with Gasteiger partial charge in [-0.15, -0.1) is 0 Å². The summed E-state index contributed by atoms with van der Waals surface area (Å²) in [7, 11) is 0. The van der Waals surface area contributed by atoms with Gasteiger partial charge in [0.15, 0.2) is 11.6 Å². The summed E-state index contributed by atoms with van der Waals surface area (Å²) in [5.41, 5.74) is -0.0856. The SMILES string of the molecule is C[C@@]1(c2nc(C3CC3)no2)CCCN(Cc2nc(C3CC3)no2)C1. The lowest BCUT2D eigenvalue weighted by molar-refractivity contribution is 0.113. The van der Waals surface area contributed by atoms with Crippen LogP contribution >= 0.6 is 0 Å². The molecule has 0 spiro atoms. The minimum Gasteiger partial charge on any atom is -0.339 e. The molecule has 128 valence electrons. The summed E-state index contributed by atoms with van der Waals surface area (Å²) in [5.74, 6) is 4.37. The molecular weight excluding hydrogens is 306 g/mol. The van der Waals surface area contributed by atoms with Gasteiger partial charge in [0.1, 0.15) is 0 Å². The predicted molar refractivity (Wildman–Crippen MR) is 84.4 cm³/mol. The number of likely N-dealkylation sites (tertiary alicyclic amines) is 1. The highest BCUT2D eigenvalue weighted by molar-refractivity contribution is 5.11. The van der Waals surface area contributed by atoms with E-state index in [1.54, 1.807) is 0 Å². The van der Waals surface area contributed by atoms with E-state index in [1.165, 1.54) is 25.7 Å². The second-order valence-electron chi connectivity index (χ2n) is 7.93. The quantitative estimate of drug-likeness (QED) is 0.834. The average Bonchev–Trinajstić information content (AvgIpc) is 3.50. The van der Waals surface area contributed by atoms with E-state index in [1.807, 2.05) is 0 Å². The van der Waals surface area contributed by atoms with Gasteiger partial charge >= 0.3 is 0 Å². The molecule has 1 saturated heterocycles. The minimum absolute atomic E-state index is 0.0856. The van der Waals surface area contributed by atoms with E-state index < -0.39 is 0 Å². The Kier molecular flexibility index (Phi) is 3.26. The van der Waals surface area contributed by atoms with Crippen molar-refractivity contribution in [3.8, 4) is 0 Å². The second-order valence-corrected chi connectivity index (χ2v) is 7.93. The first-order valence-electron chi connectivity index (χ1n) is 9.08. The van der Waals surface area contributed by atoms with Crippen molar-refractivity contribution in [2.75, 3.05) is 13.1 Å². The molecule has 2 aliphatic carbocycles. The summed E-state index contributed by atoms with van der Waals surface area (Å²) in [5, 5.41) is 8.31. The fourth-order valence-electron chi connectivity index (χ4n) is 3.67. The third-order valence-corrected chi connectivity index (χ3v) is 5.46. The van der Waals surface area contributed by atoms with Gasteiger partial charge in [0.05, 0.1) is 12.0 Å². The van der Waals surface area contributed by atoms with E-state index in [-0.39, 0.29) is 5.41 Å². The lowest BCUT2D eigenvalue weighted by Gasteiger charge is -2.37. The highest BCUT2D eigenvalue weighted by Gasteiger charge is 2.40. The molecule has 5 rings (SSSR count). The zero-order valence-electron chi connectivity index (χ0n) is 14.1. The number of piperidine rings is 1. The molecule has 3 heterocycles. The van der Waals surface area contributed by atoms with Crippen LogP contribution in [0.5, 0.6) is 0 Å². The Morgan fingerprint density at radius 2 is 1.75 bits per heavy atom. The number of nitrogens with zero attached hydrogens (tertiary/aromatic N) is 5. The van der Waals surface area contributed by atoms with E-state index >= 15 is 0 Å². The van der Waals surface area contributed by atoms with Crippen LogP contribution in [-0.4, -0.2) is 38.3 Å². The van der Waals surface area contributed by atoms with Crippen LogP contribution in [0.4, 0.5) is 0 Å². The summed E-state index contributed by atoms with van der Waals surface area (Å²) in [6, 6.07) is 0. The van der Waals surface area contributed by atoms with Crippen molar-refractivity contribution in [2.24, 2.45) is 0 Å². The maximum atomic E-state index is 5.61. The highest BCUT2D eigenvalue weighted by Crippen LogP contribution is 2.40. The smallest absolute Gasteiger partial charge is 0.240 e. The van der Waals surface area contributed by atoms with Crippen LogP contribution in [0.1, 0.15) is 80.7 Å². The molecule has 1 aliphatic heterocycles. The van der Waals surface area contributed by atoms with E-state index in [0.717, 1.165) is 49.4 Å². The molecular formula is C17H23N5O2. The summed E-state index contributed by atoms with van der Waals surface area (Å²) in [4.78, 5) is 11.6. The van der Waals surface area contributed by atoms with Gasteiger partial charge in [-0.3, -0.25) is 4.90 Å². The molecule has 2 aromatic rings. The lowest BCUT2D eigenvalue weighted by atomic mass is 9.81. The molecule has 1 atom stereocenters. The Bertz CT molecular complexity index is 733. The number of hydrogen-bond donors (Lipinski definition) is 0. The first-order valence-corrected chi connectivity index (χ1v) is 9.08. The molecule has 2 saturated carbocycles. The molecule has 0 N–H and O–H groups in total. The maximum absolute atomic E-state index is 5.61. The van der Waals surface area contributed by atoms with Gasteiger partial charge in [-0.1, -0.05) is 10.3 Å². The fraction of sp³-hybridized carbons (Fsp3) is 0.765. The molecule has 3 aliphatic rings. The summed E-state index contributed by atoms with van der Waals surface area (Å²) in [6.07, 6.45) is 6.97. The molecule has 3 fully saturated rings. The summed E-state index contributed by atoms with van der Waals surface area (Å²) in [6.45, 7) is 4.87. The normalized spacial score (nSPS) is 28.4. The number of hydrogen-bond acceptors (Lipinski definition) is 7. The van der Waals surface area contributed by atoms with Crippen molar-refractivity contribution in [1.29, 1.82) is 0 Å². The number of aromatic nitrogens is 4. The molecule has 0 aromatic carbocycles. The largest absolute Gasteiger partial charge is 0.339 e. The summed E-state index contributed by atoms with van der Waals surface area (Å²) >= 11 is 0.